The molecule has 15 heavy (non-hydrogen) atoms. The molecule has 0 saturated carbocycles. The maximum Gasteiger partial charge on any atom is 0.181 e. The van der Waals surface area contributed by atoms with Gasteiger partial charge in [-0.25, -0.2) is 4.98 Å². The SMILES string of the molecule is Cc1cc(C)c2sc(N)nc2c1C(C)C. The van der Waals surface area contributed by atoms with E-state index in [0.717, 1.165) is 5.52 Å². The summed E-state index contributed by atoms with van der Waals surface area (Å²) in [6.45, 7) is 8.67. The number of hydrogen-bond donors (Lipinski definition) is 1. The molecule has 80 valence electrons. The van der Waals surface area contributed by atoms with Gasteiger partial charge in [-0.1, -0.05) is 31.3 Å². The van der Waals surface area contributed by atoms with Gasteiger partial charge in [0.05, 0.1) is 10.2 Å². The van der Waals surface area contributed by atoms with E-state index in [0.29, 0.717) is 11.0 Å². The second kappa shape index (κ2) is 3.49. The van der Waals surface area contributed by atoms with Crippen LogP contribution in [0.2, 0.25) is 0 Å². The number of hydrogen-bond acceptors (Lipinski definition) is 3. The highest BCUT2D eigenvalue weighted by Gasteiger charge is 2.14. The number of thiazole rings is 1. The molecule has 0 fully saturated rings. The van der Waals surface area contributed by atoms with Gasteiger partial charge in [-0.15, -0.1) is 0 Å². The predicted molar refractivity (Wildman–Crippen MR) is 67.6 cm³/mol. The van der Waals surface area contributed by atoms with E-state index in [1.165, 1.54) is 21.4 Å². The molecule has 1 heterocycles. The van der Waals surface area contributed by atoms with Gasteiger partial charge in [0.15, 0.2) is 5.13 Å². The van der Waals surface area contributed by atoms with Crippen molar-refractivity contribution < 1.29 is 0 Å². The van der Waals surface area contributed by atoms with E-state index >= 15 is 0 Å². The van der Waals surface area contributed by atoms with Crippen molar-refractivity contribution in [2.24, 2.45) is 0 Å². The first-order valence-electron chi connectivity index (χ1n) is 5.16. The molecule has 0 atom stereocenters. The predicted octanol–water partition coefficient (Wildman–Crippen LogP) is 3.62. The summed E-state index contributed by atoms with van der Waals surface area (Å²) in [6, 6.07) is 2.23. The molecule has 0 aliphatic heterocycles. The standard InChI is InChI=1S/C12H16N2S/c1-6(2)9-7(3)5-8(4)11-10(9)14-12(13)15-11/h5-6H,1-4H3,(H2,13,14). The molecular formula is C12H16N2S. The lowest BCUT2D eigenvalue weighted by Crippen LogP contribution is -1.95. The molecule has 2 aromatic rings. The number of nitrogens with two attached hydrogens (primary N) is 1. The summed E-state index contributed by atoms with van der Waals surface area (Å²) in [5.41, 5.74) is 10.8. The second-order valence-electron chi connectivity index (χ2n) is 4.31. The van der Waals surface area contributed by atoms with Crippen molar-refractivity contribution >= 4 is 26.7 Å². The summed E-state index contributed by atoms with van der Waals surface area (Å²) in [5, 5.41) is 0.667. The summed E-state index contributed by atoms with van der Waals surface area (Å²) >= 11 is 1.59. The molecule has 2 N–H and O–H groups in total. The lowest BCUT2D eigenvalue weighted by atomic mass is 9.95. The summed E-state index contributed by atoms with van der Waals surface area (Å²) in [7, 11) is 0. The Hall–Kier alpha value is -1.09. The molecule has 2 rings (SSSR count). The van der Waals surface area contributed by atoms with Crippen LogP contribution in [0.15, 0.2) is 6.07 Å². The smallest absolute Gasteiger partial charge is 0.181 e. The van der Waals surface area contributed by atoms with Gasteiger partial charge in [0.1, 0.15) is 0 Å². The molecule has 2 nitrogen and oxygen atoms in total. The fourth-order valence-electron chi connectivity index (χ4n) is 2.17. The normalized spacial score (nSPS) is 11.5. The Balaban J connectivity index is 2.89. The van der Waals surface area contributed by atoms with Gasteiger partial charge in [0.2, 0.25) is 0 Å². The first-order valence-corrected chi connectivity index (χ1v) is 5.98. The van der Waals surface area contributed by atoms with E-state index in [-0.39, 0.29) is 0 Å². The highest BCUT2D eigenvalue weighted by Crippen LogP contribution is 2.34. The summed E-state index contributed by atoms with van der Waals surface area (Å²) < 4.78 is 1.24. The Morgan fingerprint density at radius 3 is 2.53 bits per heavy atom. The van der Waals surface area contributed by atoms with Crippen LogP contribution >= 0.6 is 11.3 Å². The third-order valence-electron chi connectivity index (χ3n) is 2.69. The average Bonchev–Trinajstić information content (AvgIpc) is 2.45. The fourth-order valence-corrected chi connectivity index (χ4v) is 2.99. The maximum absolute atomic E-state index is 5.79. The summed E-state index contributed by atoms with van der Waals surface area (Å²) in [4.78, 5) is 4.45. The molecule has 0 bridgehead atoms. The van der Waals surface area contributed by atoms with Crippen LogP contribution in [-0.2, 0) is 0 Å². The zero-order valence-electron chi connectivity index (χ0n) is 9.59. The number of nitrogens with zero attached hydrogens (tertiary/aromatic N) is 1. The number of fused-ring (bicyclic) bond motifs is 1. The van der Waals surface area contributed by atoms with Gasteiger partial charge in [-0.2, -0.15) is 0 Å². The Labute approximate surface area is 94.1 Å². The van der Waals surface area contributed by atoms with Crippen molar-refractivity contribution in [3.63, 3.8) is 0 Å². The minimum atomic E-state index is 0.495. The summed E-state index contributed by atoms with van der Waals surface area (Å²) in [5.74, 6) is 0.495. The minimum Gasteiger partial charge on any atom is -0.375 e. The number of rotatable bonds is 1. The van der Waals surface area contributed by atoms with Gasteiger partial charge in [-0.3, -0.25) is 0 Å². The van der Waals surface area contributed by atoms with Crippen LogP contribution < -0.4 is 5.73 Å². The van der Waals surface area contributed by atoms with Gasteiger partial charge in [-0.05, 0) is 36.5 Å². The Morgan fingerprint density at radius 2 is 1.93 bits per heavy atom. The molecule has 0 amide bonds. The molecule has 3 heteroatoms. The van der Waals surface area contributed by atoms with E-state index in [2.05, 4.69) is 38.7 Å². The van der Waals surface area contributed by atoms with Crippen LogP contribution in [0.5, 0.6) is 0 Å². The maximum atomic E-state index is 5.79. The van der Waals surface area contributed by atoms with Crippen LogP contribution in [0, 0.1) is 13.8 Å². The third-order valence-corrected chi connectivity index (χ3v) is 3.71. The monoisotopic (exact) mass is 220 g/mol. The van der Waals surface area contributed by atoms with Crippen molar-refractivity contribution in [2.75, 3.05) is 5.73 Å². The van der Waals surface area contributed by atoms with Crippen LogP contribution in [0.1, 0.15) is 36.5 Å². The molecule has 1 aromatic carbocycles. The van der Waals surface area contributed by atoms with Crippen LogP contribution in [0.4, 0.5) is 5.13 Å². The van der Waals surface area contributed by atoms with Crippen molar-refractivity contribution in [3.05, 3.63) is 22.8 Å². The summed E-state index contributed by atoms with van der Waals surface area (Å²) in [6.07, 6.45) is 0. The lowest BCUT2D eigenvalue weighted by Gasteiger charge is -2.11. The Morgan fingerprint density at radius 1 is 1.27 bits per heavy atom. The van der Waals surface area contributed by atoms with Crippen LogP contribution in [0.25, 0.3) is 10.2 Å². The molecule has 0 spiro atoms. The fraction of sp³-hybridized carbons (Fsp3) is 0.417. The highest BCUT2D eigenvalue weighted by molar-refractivity contribution is 7.22. The van der Waals surface area contributed by atoms with Crippen LogP contribution in [-0.4, -0.2) is 4.98 Å². The molecule has 0 radical (unpaired) electrons. The number of aryl methyl sites for hydroxylation is 2. The van der Waals surface area contributed by atoms with Gasteiger partial charge in [0, 0.05) is 0 Å². The Kier molecular flexibility index (Phi) is 2.43. The van der Waals surface area contributed by atoms with E-state index < -0.39 is 0 Å². The van der Waals surface area contributed by atoms with Crippen molar-refractivity contribution in [3.8, 4) is 0 Å². The molecular weight excluding hydrogens is 204 g/mol. The average molecular weight is 220 g/mol. The van der Waals surface area contributed by atoms with E-state index in [9.17, 15) is 0 Å². The first kappa shape index (κ1) is 10.4. The second-order valence-corrected chi connectivity index (χ2v) is 5.34. The third kappa shape index (κ3) is 1.61. The molecule has 0 aliphatic carbocycles. The van der Waals surface area contributed by atoms with Crippen LogP contribution in [0.3, 0.4) is 0 Å². The highest BCUT2D eigenvalue weighted by atomic mass is 32.1. The van der Waals surface area contributed by atoms with E-state index in [1.807, 2.05) is 0 Å². The number of nitrogen functional groups attached to an aromatic ring is 1. The largest absolute Gasteiger partial charge is 0.375 e. The van der Waals surface area contributed by atoms with Crippen molar-refractivity contribution in [2.45, 2.75) is 33.6 Å². The minimum absolute atomic E-state index is 0.495. The molecule has 0 unspecified atom stereocenters. The molecule has 1 aromatic heterocycles. The van der Waals surface area contributed by atoms with Gasteiger partial charge < -0.3 is 5.73 Å². The number of anilines is 1. The quantitative estimate of drug-likeness (QED) is 0.797. The van der Waals surface area contributed by atoms with E-state index in [1.54, 1.807) is 11.3 Å². The topological polar surface area (TPSA) is 38.9 Å². The number of benzene rings is 1. The van der Waals surface area contributed by atoms with Crippen molar-refractivity contribution in [1.29, 1.82) is 0 Å². The zero-order valence-corrected chi connectivity index (χ0v) is 10.4. The first-order chi connectivity index (χ1) is 7.00. The molecule has 0 saturated heterocycles. The van der Waals surface area contributed by atoms with E-state index in [4.69, 9.17) is 5.73 Å². The van der Waals surface area contributed by atoms with Crippen molar-refractivity contribution in [1.82, 2.24) is 4.98 Å². The number of aromatic nitrogens is 1. The lowest BCUT2D eigenvalue weighted by molar-refractivity contribution is 0.863. The van der Waals surface area contributed by atoms with Gasteiger partial charge >= 0.3 is 0 Å². The Bertz CT molecular complexity index is 512. The van der Waals surface area contributed by atoms with Gasteiger partial charge in [0.25, 0.3) is 0 Å². The zero-order chi connectivity index (χ0) is 11.2. The molecule has 0 aliphatic rings.